The number of nitrogens with one attached hydrogen (secondary N) is 1. The molecular formula is C14H21N5O3. The van der Waals surface area contributed by atoms with E-state index >= 15 is 0 Å². The Morgan fingerprint density at radius 1 is 1.36 bits per heavy atom. The van der Waals surface area contributed by atoms with Crippen LogP contribution in [-0.2, 0) is 9.53 Å². The zero-order valence-corrected chi connectivity index (χ0v) is 12.8. The molecule has 1 atom stereocenters. The fourth-order valence-corrected chi connectivity index (χ4v) is 2.48. The molecule has 2 heterocycles. The molecular weight excluding hydrogens is 286 g/mol. The maximum Gasteiger partial charge on any atom is 0.328 e. The van der Waals surface area contributed by atoms with Crippen molar-refractivity contribution in [3.63, 3.8) is 0 Å². The molecule has 0 radical (unpaired) electrons. The van der Waals surface area contributed by atoms with Crippen LogP contribution < -0.4 is 16.0 Å². The summed E-state index contributed by atoms with van der Waals surface area (Å²) in [5, 5.41) is 2.87. The molecule has 0 amide bonds. The number of carbonyl (C=O) groups excluding carboxylic acids is 2. The van der Waals surface area contributed by atoms with E-state index in [9.17, 15) is 9.59 Å². The van der Waals surface area contributed by atoms with Gasteiger partial charge in [0.25, 0.3) is 0 Å². The topological polar surface area (TPSA) is 110 Å². The maximum atomic E-state index is 11.5. The van der Waals surface area contributed by atoms with Crippen LogP contribution in [0.1, 0.15) is 36.5 Å². The second-order valence-electron chi connectivity index (χ2n) is 5.22. The summed E-state index contributed by atoms with van der Waals surface area (Å²) in [6.07, 6.45) is 3.95. The van der Waals surface area contributed by atoms with Crippen LogP contribution in [-0.4, -0.2) is 48.5 Å². The number of nitrogens with two attached hydrogens (primary N) is 1. The highest BCUT2D eigenvalue weighted by atomic mass is 16.5. The highest BCUT2D eigenvalue weighted by Crippen LogP contribution is 2.26. The zero-order chi connectivity index (χ0) is 16.1. The molecule has 0 spiro atoms. The second-order valence-corrected chi connectivity index (χ2v) is 5.22. The number of piperidine rings is 1. The number of aldehydes is 1. The van der Waals surface area contributed by atoms with Gasteiger partial charge in [-0.1, -0.05) is 0 Å². The number of nitrogen functional groups attached to an aromatic ring is 1. The minimum absolute atomic E-state index is 0.0609. The first-order chi connectivity index (χ1) is 10.6. The smallest absolute Gasteiger partial charge is 0.328 e. The number of hydrogen-bond donors (Lipinski definition) is 2. The molecule has 1 aliphatic heterocycles. The molecule has 8 nitrogen and oxygen atoms in total. The Bertz CT molecular complexity index is 558. The van der Waals surface area contributed by atoms with E-state index in [-0.39, 0.29) is 11.8 Å². The third kappa shape index (κ3) is 3.44. The van der Waals surface area contributed by atoms with Gasteiger partial charge in [-0.15, -0.1) is 0 Å². The molecule has 0 aromatic carbocycles. The van der Waals surface area contributed by atoms with Gasteiger partial charge in [-0.25, -0.2) is 4.79 Å². The maximum absolute atomic E-state index is 11.5. The Morgan fingerprint density at radius 3 is 2.64 bits per heavy atom. The largest absolute Gasteiger partial charge is 0.467 e. The van der Waals surface area contributed by atoms with Crippen LogP contribution in [0.15, 0.2) is 0 Å². The average molecular weight is 307 g/mol. The summed E-state index contributed by atoms with van der Waals surface area (Å²) in [5.41, 5.74) is 6.06. The number of esters is 1. The number of rotatable bonds is 5. The molecule has 2 rings (SSSR count). The zero-order valence-electron chi connectivity index (χ0n) is 12.8. The lowest BCUT2D eigenvalue weighted by Crippen LogP contribution is -2.33. The van der Waals surface area contributed by atoms with Gasteiger partial charge in [0.1, 0.15) is 17.7 Å². The van der Waals surface area contributed by atoms with Crippen LogP contribution in [0.25, 0.3) is 0 Å². The van der Waals surface area contributed by atoms with Crippen LogP contribution in [0, 0.1) is 0 Å². The van der Waals surface area contributed by atoms with Crippen molar-refractivity contribution in [1.29, 1.82) is 0 Å². The lowest BCUT2D eigenvalue weighted by Gasteiger charge is -2.29. The standard InChI is InChI=1S/C14H21N5O3/c1-9(13(21)22-2)16-11-10(8-20)12(18-14(15)17-11)19-6-4-3-5-7-19/h8-9H,3-7H2,1-2H3,(H3,15,16,17,18)/t9-/m0/s1. The molecule has 0 saturated carbocycles. The van der Waals surface area contributed by atoms with Gasteiger partial charge in [0.05, 0.1) is 12.7 Å². The van der Waals surface area contributed by atoms with E-state index in [4.69, 9.17) is 5.73 Å². The summed E-state index contributed by atoms with van der Waals surface area (Å²) < 4.78 is 4.66. The molecule has 1 fully saturated rings. The lowest BCUT2D eigenvalue weighted by atomic mass is 10.1. The van der Waals surface area contributed by atoms with Gasteiger partial charge in [-0.3, -0.25) is 4.79 Å². The Kier molecular flexibility index (Phi) is 5.13. The third-order valence-corrected chi connectivity index (χ3v) is 3.62. The van der Waals surface area contributed by atoms with Crippen molar-refractivity contribution in [1.82, 2.24) is 9.97 Å². The monoisotopic (exact) mass is 307 g/mol. The molecule has 120 valence electrons. The molecule has 1 aromatic rings. The number of nitrogens with zero attached hydrogens (tertiary/aromatic N) is 3. The van der Waals surface area contributed by atoms with Crippen LogP contribution in [0.2, 0.25) is 0 Å². The number of anilines is 3. The van der Waals surface area contributed by atoms with Crippen LogP contribution in [0.4, 0.5) is 17.6 Å². The molecule has 0 bridgehead atoms. The molecule has 0 unspecified atom stereocenters. The first kappa shape index (κ1) is 16.0. The van der Waals surface area contributed by atoms with E-state index in [0.717, 1.165) is 32.4 Å². The van der Waals surface area contributed by atoms with E-state index in [1.165, 1.54) is 7.11 Å². The predicted octanol–water partition coefficient (Wildman–Crippen LogP) is 0.835. The van der Waals surface area contributed by atoms with E-state index in [1.807, 2.05) is 4.90 Å². The van der Waals surface area contributed by atoms with E-state index in [1.54, 1.807) is 6.92 Å². The van der Waals surface area contributed by atoms with Crippen LogP contribution in [0.5, 0.6) is 0 Å². The summed E-state index contributed by atoms with van der Waals surface area (Å²) in [5.74, 6) is 0.377. The van der Waals surface area contributed by atoms with E-state index in [0.29, 0.717) is 17.7 Å². The van der Waals surface area contributed by atoms with E-state index in [2.05, 4.69) is 20.0 Å². The number of hydrogen-bond acceptors (Lipinski definition) is 8. The highest BCUT2D eigenvalue weighted by molar-refractivity contribution is 5.91. The van der Waals surface area contributed by atoms with Crippen molar-refractivity contribution >= 4 is 29.8 Å². The van der Waals surface area contributed by atoms with Crippen molar-refractivity contribution in [3.05, 3.63) is 5.56 Å². The first-order valence-corrected chi connectivity index (χ1v) is 7.28. The molecule has 0 aliphatic carbocycles. The van der Waals surface area contributed by atoms with Gasteiger partial charge >= 0.3 is 5.97 Å². The van der Waals surface area contributed by atoms with E-state index < -0.39 is 12.0 Å². The Morgan fingerprint density at radius 2 is 2.05 bits per heavy atom. The normalized spacial score (nSPS) is 16.0. The van der Waals surface area contributed by atoms with Crippen molar-refractivity contribution in [2.24, 2.45) is 0 Å². The number of aromatic nitrogens is 2. The lowest BCUT2D eigenvalue weighted by molar-refractivity contribution is -0.141. The minimum Gasteiger partial charge on any atom is -0.467 e. The van der Waals surface area contributed by atoms with Gasteiger partial charge in [0.15, 0.2) is 6.29 Å². The summed E-state index contributed by atoms with van der Waals surface area (Å²) in [4.78, 5) is 33.3. The molecule has 1 aromatic heterocycles. The number of methoxy groups -OCH3 is 1. The molecule has 1 saturated heterocycles. The fraction of sp³-hybridized carbons (Fsp3) is 0.571. The summed E-state index contributed by atoms with van der Waals surface area (Å²) in [6, 6.07) is -0.646. The average Bonchev–Trinajstić information content (AvgIpc) is 2.54. The molecule has 8 heteroatoms. The Hall–Kier alpha value is -2.38. The van der Waals surface area contributed by atoms with Crippen molar-refractivity contribution in [2.75, 3.05) is 36.1 Å². The van der Waals surface area contributed by atoms with Gasteiger partial charge in [-0.05, 0) is 26.2 Å². The molecule has 22 heavy (non-hydrogen) atoms. The summed E-state index contributed by atoms with van der Waals surface area (Å²) >= 11 is 0. The van der Waals surface area contributed by atoms with Gasteiger partial charge < -0.3 is 20.7 Å². The third-order valence-electron chi connectivity index (χ3n) is 3.62. The van der Waals surface area contributed by atoms with Gasteiger partial charge in [0, 0.05) is 13.1 Å². The molecule has 3 N–H and O–H groups in total. The minimum atomic E-state index is -0.646. The number of carbonyl (C=O) groups is 2. The second kappa shape index (κ2) is 7.06. The highest BCUT2D eigenvalue weighted by Gasteiger charge is 2.22. The Balaban J connectivity index is 2.34. The predicted molar refractivity (Wildman–Crippen MR) is 83.0 cm³/mol. The van der Waals surface area contributed by atoms with Crippen LogP contribution in [0.3, 0.4) is 0 Å². The first-order valence-electron chi connectivity index (χ1n) is 7.28. The fourth-order valence-electron chi connectivity index (χ4n) is 2.48. The summed E-state index contributed by atoms with van der Waals surface area (Å²) in [6.45, 7) is 3.27. The molecule has 1 aliphatic rings. The van der Waals surface area contributed by atoms with Crippen molar-refractivity contribution in [3.8, 4) is 0 Å². The van der Waals surface area contributed by atoms with Crippen molar-refractivity contribution < 1.29 is 14.3 Å². The van der Waals surface area contributed by atoms with Gasteiger partial charge in [-0.2, -0.15) is 9.97 Å². The number of ether oxygens (including phenoxy) is 1. The van der Waals surface area contributed by atoms with Crippen molar-refractivity contribution in [2.45, 2.75) is 32.2 Å². The Labute approximate surface area is 129 Å². The SMILES string of the molecule is COC(=O)[C@H](C)Nc1nc(N)nc(N2CCCCC2)c1C=O. The van der Waals surface area contributed by atoms with Crippen LogP contribution >= 0.6 is 0 Å². The summed E-state index contributed by atoms with van der Waals surface area (Å²) in [7, 11) is 1.30. The quantitative estimate of drug-likeness (QED) is 0.608. The van der Waals surface area contributed by atoms with Gasteiger partial charge in [0.2, 0.25) is 5.95 Å².